The lowest BCUT2D eigenvalue weighted by Gasteiger charge is -2.06. The molecule has 2 heterocycles. The van der Waals surface area contributed by atoms with Crippen molar-refractivity contribution in [3.05, 3.63) is 17.6 Å². The van der Waals surface area contributed by atoms with E-state index in [9.17, 15) is 4.79 Å². The molecule has 14 heavy (non-hydrogen) atoms. The second-order valence-corrected chi connectivity index (χ2v) is 3.02. The van der Waals surface area contributed by atoms with Crippen molar-refractivity contribution in [3.63, 3.8) is 0 Å². The summed E-state index contributed by atoms with van der Waals surface area (Å²) in [6, 6.07) is 0. The minimum atomic E-state index is -0.444. The van der Waals surface area contributed by atoms with E-state index in [1.165, 1.54) is 13.4 Å². The summed E-state index contributed by atoms with van der Waals surface area (Å²) in [5.74, 6) is 0.189. The third-order valence-corrected chi connectivity index (χ3v) is 2.12. The van der Waals surface area contributed by atoms with Crippen LogP contribution in [0.2, 0.25) is 0 Å². The number of carbonyl (C=O) groups excluding carboxylic acids is 1. The summed E-state index contributed by atoms with van der Waals surface area (Å²) in [4.78, 5) is 23.3. The first kappa shape index (κ1) is 8.80. The lowest BCUT2D eigenvalue weighted by Crippen LogP contribution is -2.09. The highest BCUT2D eigenvalue weighted by atomic mass is 16.5. The number of esters is 1. The maximum absolute atomic E-state index is 11.4. The molecule has 0 fully saturated rings. The van der Waals surface area contributed by atoms with Gasteiger partial charge in [-0.25, -0.2) is 19.8 Å². The summed E-state index contributed by atoms with van der Waals surface area (Å²) >= 11 is 0. The van der Waals surface area contributed by atoms with Gasteiger partial charge in [-0.2, -0.15) is 0 Å². The Morgan fingerprint density at radius 2 is 2.29 bits per heavy atom. The Kier molecular flexibility index (Phi) is 1.99. The van der Waals surface area contributed by atoms with Crippen LogP contribution in [0, 0.1) is 0 Å². The molecule has 2 rings (SSSR count). The first-order valence-electron chi connectivity index (χ1n) is 4.21. The van der Waals surface area contributed by atoms with Crippen molar-refractivity contribution in [3.8, 4) is 0 Å². The standard InChI is InChI=1S/C9H9N3O2/c1-5-3-10-8-6(5)7(9(13)14-2)11-4-12-8/h3-5H,1-2H3/t5-/m1/s1. The zero-order valence-corrected chi connectivity index (χ0v) is 7.89. The van der Waals surface area contributed by atoms with Crippen LogP contribution >= 0.6 is 0 Å². The molecule has 1 aliphatic heterocycles. The Bertz CT molecular complexity index is 415. The molecular formula is C9H9N3O2. The summed E-state index contributed by atoms with van der Waals surface area (Å²) in [5, 5.41) is 0. The van der Waals surface area contributed by atoms with Gasteiger partial charge in [0.15, 0.2) is 11.5 Å². The largest absolute Gasteiger partial charge is 0.464 e. The second-order valence-electron chi connectivity index (χ2n) is 3.02. The maximum Gasteiger partial charge on any atom is 0.357 e. The third-order valence-electron chi connectivity index (χ3n) is 2.12. The molecule has 0 aromatic carbocycles. The van der Waals surface area contributed by atoms with Crippen LogP contribution in [0.1, 0.15) is 28.9 Å². The van der Waals surface area contributed by atoms with Crippen LogP contribution < -0.4 is 0 Å². The molecule has 0 spiro atoms. The van der Waals surface area contributed by atoms with Crippen LogP contribution in [-0.2, 0) is 4.74 Å². The molecular weight excluding hydrogens is 182 g/mol. The van der Waals surface area contributed by atoms with Crippen LogP contribution in [0.4, 0.5) is 5.82 Å². The van der Waals surface area contributed by atoms with Gasteiger partial charge in [0.1, 0.15) is 6.33 Å². The molecule has 0 bridgehead atoms. The number of fused-ring (bicyclic) bond motifs is 1. The van der Waals surface area contributed by atoms with E-state index in [0.717, 1.165) is 5.56 Å². The quantitative estimate of drug-likeness (QED) is 0.623. The topological polar surface area (TPSA) is 64.4 Å². The SMILES string of the molecule is COC(=O)c1ncnc2c1[C@H](C)C=N2. The van der Waals surface area contributed by atoms with E-state index >= 15 is 0 Å². The van der Waals surface area contributed by atoms with Crippen molar-refractivity contribution in [2.45, 2.75) is 12.8 Å². The van der Waals surface area contributed by atoms with Gasteiger partial charge < -0.3 is 4.74 Å². The van der Waals surface area contributed by atoms with Crippen LogP contribution in [-0.4, -0.2) is 29.3 Å². The molecule has 0 N–H and O–H groups in total. The fourth-order valence-corrected chi connectivity index (χ4v) is 1.42. The van der Waals surface area contributed by atoms with Crippen molar-refractivity contribution in [1.29, 1.82) is 0 Å². The number of aromatic nitrogens is 2. The Morgan fingerprint density at radius 1 is 1.50 bits per heavy atom. The van der Waals surface area contributed by atoms with E-state index in [0.29, 0.717) is 11.5 Å². The first-order chi connectivity index (χ1) is 6.74. The van der Waals surface area contributed by atoms with Crippen molar-refractivity contribution < 1.29 is 9.53 Å². The molecule has 0 amide bonds. The summed E-state index contributed by atoms with van der Waals surface area (Å²) in [6.45, 7) is 1.94. The molecule has 72 valence electrons. The summed E-state index contributed by atoms with van der Waals surface area (Å²) in [6.07, 6.45) is 3.06. The molecule has 0 radical (unpaired) electrons. The molecule has 1 aliphatic rings. The van der Waals surface area contributed by atoms with Gasteiger partial charge in [-0.1, -0.05) is 6.92 Å². The van der Waals surface area contributed by atoms with Crippen molar-refractivity contribution in [2.24, 2.45) is 4.99 Å². The summed E-state index contributed by atoms with van der Waals surface area (Å²) in [5.41, 5.74) is 1.06. The van der Waals surface area contributed by atoms with Gasteiger partial charge in [0, 0.05) is 17.7 Å². The zero-order valence-electron chi connectivity index (χ0n) is 7.89. The highest BCUT2D eigenvalue weighted by molar-refractivity contribution is 5.94. The average Bonchev–Trinajstić information content (AvgIpc) is 2.59. The Morgan fingerprint density at radius 3 is 3.00 bits per heavy atom. The number of ether oxygens (including phenoxy) is 1. The lowest BCUT2D eigenvalue weighted by atomic mass is 10.0. The van der Waals surface area contributed by atoms with E-state index in [1.54, 1.807) is 6.21 Å². The van der Waals surface area contributed by atoms with Crippen molar-refractivity contribution in [1.82, 2.24) is 9.97 Å². The monoisotopic (exact) mass is 191 g/mol. The molecule has 0 saturated heterocycles. The Balaban J connectivity index is 2.55. The predicted octanol–water partition coefficient (Wildman–Crippen LogP) is 1.08. The van der Waals surface area contributed by atoms with Crippen LogP contribution in [0.15, 0.2) is 11.3 Å². The minimum Gasteiger partial charge on any atom is -0.464 e. The molecule has 1 aromatic rings. The number of hydrogen-bond donors (Lipinski definition) is 0. The number of carbonyl (C=O) groups is 1. The predicted molar refractivity (Wildman–Crippen MR) is 49.9 cm³/mol. The van der Waals surface area contributed by atoms with E-state index < -0.39 is 5.97 Å². The molecule has 1 atom stereocenters. The summed E-state index contributed by atoms with van der Waals surface area (Å²) in [7, 11) is 1.33. The number of rotatable bonds is 1. The molecule has 5 heteroatoms. The maximum atomic E-state index is 11.4. The van der Waals surface area contributed by atoms with Gasteiger partial charge in [0.05, 0.1) is 7.11 Å². The van der Waals surface area contributed by atoms with Gasteiger partial charge in [0.2, 0.25) is 0 Å². The van der Waals surface area contributed by atoms with Crippen LogP contribution in [0.3, 0.4) is 0 Å². The minimum absolute atomic E-state index is 0.0697. The van der Waals surface area contributed by atoms with E-state index in [1.807, 2.05) is 6.92 Å². The number of methoxy groups -OCH3 is 1. The Hall–Kier alpha value is -1.78. The molecule has 0 saturated carbocycles. The highest BCUT2D eigenvalue weighted by Crippen LogP contribution is 2.31. The normalized spacial score (nSPS) is 18.0. The molecule has 1 aromatic heterocycles. The third kappa shape index (κ3) is 1.17. The molecule has 5 nitrogen and oxygen atoms in total. The molecule has 0 aliphatic carbocycles. The number of aliphatic imine (C=N–C) groups is 1. The van der Waals surface area contributed by atoms with Crippen LogP contribution in [0.5, 0.6) is 0 Å². The van der Waals surface area contributed by atoms with Gasteiger partial charge in [0.25, 0.3) is 0 Å². The van der Waals surface area contributed by atoms with Crippen molar-refractivity contribution >= 4 is 18.0 Å². The smallest absolute Gasteiger partial charge is 0.357 e. The van der Waals surface area contributed by atoms with E-state index in [2.05, 4.69) is 19.7 Å². The second kappa shape index (κ2) is 3.17. The Labute approximate surface area is 80.9 Å². The van der Waals surface area contributed by atoms with Gasteiger partial charge in [-0.15, -0.1) is 0 Å². The fraction of sp³-hybridized carbons (Fsp3) is 0.333. The first-order valence-corrected chi connectivity index (χ1v) is 4.21. The molecule has 0 unspecified atom stereocenters. The fourth-order valence-electron chi connectivity index (χ4n) is 1.42. The summed E-state index contributed by atoms with van der Waals surface area (Å²) < 4.78 is 4.63. The van der Waals surface area contributed by atoms with Crippen molar-refractivity contribution in [2.75, 3.05) is 7.11 Å². The van der Waals surface area contributed by atoms with Crippen LogP contribution in [0.25, 0.3) is 0 Å². The van der Waals surface area contributed by atoms with E-state index in [4.69, 9.17) is 0 Å². The zero-order chi connectivity index (χ0) is 10.1. The van der Waals surface area contributed by atoms with Gasteiger partial charge >= 0.3 is 5.97 Å². The lowest BCUT2D eigenvalue weighted by molar-refractivity contribution is 0.0592. The number of nitrogens with zero attached hydrogens (tertiary/aromatic N) is 3. The average molecular weight is 191 g/mol. The number of hydrogen-bond acceptors (Lipinski definition) is 5. The highest BCUT2D eigenvalue weighted by Gasteiger charge is 2.25. The van der Waals surface area contributed by atoms with Gasteiger partial charge in [-0.05, 0) is 0 Å². The van der Waals surface area contributed by atoms with E-state index in [-0.39, 0.29) is 5.92 Å². The van der Waals surface area contributed by atoms with Gasteiger partial charge in [-0.3, -0.25) is 0 Å².